The minimum Gasteiger partial charge on any atom is -0.398 e. The molecule has 0 radical (unpaired) electrons. The lowest BCUT2D eigenvalue weighted by Crippen LogP contribution is -2.45. The minimum atomic E-state index is -1.89. The van der Waals surface area contributed by atoms with Crippen molar-refractivity contribution in [2.75, 3.05) is 14.2 Å². The fraction of sp³-hybridized carbons (Fsp3) is 1.00. The Morgan fingerprint density at radius 1 is 1.00 bits per heavy atom. The maximum Gasteiger partial charge on any atom is 0.337 e. The molecule has 2 rings (SSSR count). The van der Waals surface area contributed by atoms with Crippen molar-refractivity contribution >= 4 is 8.56 Å². The van der Waals surface area contributed by atoms with Gasteiger partial charge in [0.25, 0.3) is 0 Å². The maximum absolute atomic E-state index is 5.72. The Morgan fingerprint density at radius 3 is 2.00 bits per heavy atom. The summed E-state index contributed by atoms with van der Waals surface area (Å²) < 4.78 is 11.4. The van der Waals surface area contributed by atoms with Crippen molar-refractivity contribution in [1.29, 1.82) is 0 Å². The lowest BCUT2D eigenvalue weighted by atomic mass is 9.81. The van der Waals surface area contributed by atoms with E-state index in [0.717, 1.165) is 29.2 Å². The monoisotopic (exact) mass is 228 g/mol. The van der Waals surface area contributed by atoms with Crippen molar-refractivity contribution in [1.82, 2.24) is 0 Å². The highest BCUT2D eigenvalue weighted by Crippen LogP contribution is 2.60. The van der Waals surface area contributed by atoms with Crippen LogP contribution < -0.4 is 0 Å². The van der Waals surface area contributed by atoms with Crippen LogP contribution in [0.15, 0.2) is 0 Å². The van der Waals surface area contributed by atoms with E-state index >= 15 is 0 Å². The summed E-state index contributed by atoms with van der Waals surface area (Å²) in [5.74, 6) is 3.58. The smallest absolute Gasteiger partial charge is 0.337 e. The second-order valence-electron chi connectivity index (χ2n) is 5.64. The van der Waals surface area contributed by atoms with Crippen LogP contribution in [0.1, 0.15) is 26.7 Å². The van der Waals surface area contributed by atoms with Crippen LogP contribution in [0.5, 0.6) is 0 Å². The summed E-state index contributed by atoms with van der Waals surface area (Å²) >= 11 is 0. The van der Waals surface area contributed by atoms with Gasteiger partial charge in [-0.3, -0.25) is 0 Å². The van der Waals surface area contributed by atoms with Gasteiger partial charge in [0.15, 0.2) is 0 Å². The molecule has 0 N–H and O–H groups in total. The van der Waals surface area contributed by atoms with Crippen molar-refractivity contribution in [2.24, 2.45) is 23.7 Å². The summed E-state index contributed by atoms with van der Waals surface area (Å²) in [4.78, 5) is 0. The van der Waals surface area contributed by atoms with Gasteiger partial charge in [-0.1, -0.05) is 13.8 Å². The van der Waals surface area contributed by atoms with E-state index in [9.17, 15) is 0 Å². The standard InChI is InChI=1S/C12H24O2Si/c1-8-9(2)11-6-10(8)7-12(11)15(5,13-3)14-4/h8-12H,6-7H2,1-5H3. The molecule has 0 heterocycles. The van der Waals surface area contributed by atoms with Gasteiger partial charge in [0.2, 0.25) is 0 Å². The fourth-order valence-corrected chi connectivity index (χ4v) is 6.65. The Balaban J connectivity index is 2.15. The molecule has 2 saturated carbocycles. The Kier molecular flexibility index (Phi) is 2.99. The van der Waals surface area contributed by atoms with E-state index in [2.05, 4.69) is 20.4 Å². The van der Waals surface area contributed by atoms with Crippen molar-refractivity contribution in [3.05, 3.63) is 0 Å². The average molecular weight is 228 g/mol. The van der Waals surface area contributed by atoms with E-state index in [1.165, 1.54) is 12.8 Å². The van der Waals surface area contributed by atoms with E-state index < -0.39 is 8.56 Å². The third-order valence-corrected chi connectivity index (χ3v) is 9.01. The number of hydrogen-bond acceptors (Lipinski definition) is 2. The second-order valence-corrected chi connectivity index (χ2v) is 9.23. The van der Waals surface area contributed by atoms with Crippen molar-refractivity contribution in [3.8, 4) is 0 Å². The molecule has 2 fully saturated rings. The molecular formula is C12H24O2Si. The van der Waals surface area contributed by atoms with E-state index in [1.807, 2.05) is 14.2 Å². The first-order valence-corrected chi connectivity index (χ1v) is 8.53. The van der Waals surface area contributed by atoms with Gasteiger partial charge >= 0.3 is 8.56 Å². The van der Waals surface area contributed by atoms with Crippen LogP contribution in [-0.4, -0.2) is 22.8 Å². The predicted molar refractivity (Wildman–Crippen MR) is 63.9 cm³/mol. The summed E-state index contributed by atoms with van der Waals surface area (Å²) in [5.41, 5.74) is 0.726. The molecule has 5 unspecified atom stereocenters. The quantitative estimate of drug-likeness (QED) is 0.691. The van der Waals surface area contributed by atoms with Crippen molar-refractivity contribution in [2.45, 2.75) is 38.8 Å². The molecule has 88 valence electrons. The summed E-state index contributed by atoms with van der Waals surface area (Å²) in [6, 6.07) is 0. The Labute approximate surface area is 94.6 Å². The van der Waals surface area contributed by atoms with Crippen LogP contribution in [0.2, 0.25) is 12.1 Å². The zero-order valence-electron chi connectivity index (χ0n) is 10.6. The van der Waals surface area contributed by atoms with Gasteiger partial charge in [0.1, 0.15) is 0 Å². The maximum atomic E-state index is 5.72. The van der Waals surface area contributed by atoms with Gasteiger partial charge in [-0.25, -0.2) is 0 Å². The van der Waals surface area contributed by atoms with Crippen LogP contribution in [0, 0.1) is 23.7 Å². The third-order valence-electron chi connectivity index (χ3n) is 5.38. The summed E-state index contributed by atoms with van der Waals surface area (Å²) in [7, 11) is 1.77. The van der Waals surface area contributed by atoms with Crippen LogP contribution >= 0.6 is 0 Å². The lowest BCUT2D eigenvalue weighted by molar-refractivity contribution is 0.185. The fourth-order valence-electron chi connectivity index (χ4n) is 3.93. The van der Waals surface area contributed by atoms with Crippen LogP contribution in [0.3, 0.4) is 0 Å². The lowest BCUT2D eigenvalue weighted by Gasteiger charge is -2.39. The van der Waals surface area contributed by atoms with E-state index in [0.29, 0.717) is 0 Å². The second kappa shape index (κ2) is 3.86. The number of fused-ring (bicyclic) bond motifs is 2. The first kappa shape index (κ1) is 11.6. The first-order valence-electron chi connectivity index (χ1n) is 6.13. The first-order chi connectivity index (χ1) is 7.03. The molecule has 15 heavy (non-hydrogen) atoms. The summed E-state index contributed by atoms with van der Waals surface area (Å²) in [6.07, 6.45) is 2.77. The molecule has 0 aromatic heterocycles. The predicted octanol–water partition coefficient (Wildman–Crippen LogP) is 3.03. The largest absolute Gasteiger partial charge is 0.398 e. The van der Waals surface area contributed by atoms with Gasteiger partial charge < -0.3 is 8.85 Å². The third kappa shape index (κ3) is 1.59. The van der Waals surface area contributed by atoms with Gasteiger partial charge in [-0.2, -0.15) is 0 Å². The highest BCUT2D eigenvalue weighted by atomic mass is 28.4. The molecular weight excluding hydrogens is 204 g/mol. The molecule has 2 nitrogen and oxygen atoms in total. The number of hydrogen-bond donors (Lipinski definition) is 0. The van der Waals surface area contributed by atoms with E-state index in [1.54, 1.807) is 0 Å². The minimum absolute atomic E-state index is 0.726. The average Bonchev–Trinajstić information content (AvgIpc) is 2.79. The highest BCUT2D eigenvalue weighted by molar-refractivity contribution is 6.67. The molecule has 0 aromatic carbocycles. The molecule has 0 spiro atoms. The van der Waals surface area contributed by atoms with Gasteiger partial charge in [-0.15, -0.1) is 0 Å². The van der Waals surface area contributed by atoms with Gasteiger partial charge in [-0.05, 0) is 43.1 Å². The summed E-state index contributed by atoms with van der Waals surface area (Å²) in [6.45, 7) is 7.07. The summed E-state index contributed by atoms with van der Waals surface area (Å²) in [5, 5.41) is 0. The molecule has 2 bridgehead atoms. The van der Waals surface area contributed by atoms with Gasteiger partial charge in [0, 0.05) is 19.8 Å². The topological polar surface area (TPSA) is 18.5 Å². The SMILES string of the molecule is CO[Si](C)(OC)C1CC2CC1C(C)C2C. The Hall–Kier alpha value is 0.137. The zero-order valence-corrected chi connectivity index (χ0v) is 11.6. The molecule has 0 aromatic rings. The molecule has 0 aliphatic heterocycles. The molecule has 0 amide bonds. The highest BCUT2D eigenvalue weighted by Gasteiger charge is 2.56. The van der Waals surface area contributed by atoms with E-state index in [-0.39, 0.29) is 0 Å². The van der Waals surface area contributed by atoms with Crippen LogP contribution in [0.25, 0.3) is 0 Å². The van der Waals surface area contributed by atoms with Crippen molar-refractivity contribution < 1.29 is 8.85 Å². The van der Waals surface area contributed by atoms with E-state index in [4.69, 9.17) is 8.85 Å². The Bertz CT molecular complexity index is 238. The molecule has 5 atom stereocenters. The molecule has 2 aliphatic rings. The normalized spacial score (nSPS) is 45.0. The molecule has 2 aliphatic carbocycles. The molecule has 3 heteroatoms. The number of rotatable bonds is 3. The van der Waals surface area contributed by atoms with Crippen LogP contribution in [0.4, 0.5) is 0 Å². The van der Waals surface area contributed by atoms with Gasteiger partial charge in [0.05, 0.1) is 0 Å². The van der Waals surface area contributed by atoms with Crippen LogP contribution in [-0.2, 0) is 8.85 Å². The van der Waals surface area contributed by atoms with Crippen molar-refractivity contribution in [3.63, 3.8) is 0 Å². The molecule has 0 saturated heterocycles. The Morgan fingerprint density at radius 2 is 1.60 bits per heavy atom. The zero-order chi connectivity index (χ0) is 11.2.